The Morgan fingerprint density at radius 2 is 2.00 bits per heavy atom. The van der Waals surface area contributed by atoms with Gasteiger partial charge in [0, 0.05) is 11.0 Å². The summed E-state index contributed by atoms with van der Waals surface area (Å²) >= 11 is 5.10. The molecule has 0 aromatic heterocycles. The second kappa shape index (κ2) is 4.50. The zero-order valence-corrected chi connectivity index (χ0v) is 9.41. The fraction of sp³-hybridized carbons (Fsp3) is 0.250. The van der Waals surface area contributed by atoms with Crippen molar-refractivity contribution in [2.45, 2.75) is 17.3 Å². The Kier molecular flexibility index (Phi) is 3.69. The van der Waals surface area contributed by atoms with Gasteiger partial charge in [-0.05, 0) is 24.2 Å². The van der Waals surface area contributed by atoms with Gasteiger partial charge < -0.3 is 0 Å². The van der Waals surface area contributed by atoms with E-state index in [0.29, 0.717) is 0 Å². The summed E-state index contributed by atoms with van der Waals surface area (Å²) in [5.74, 6) is 0. The van der Waals surface area contributed by atoms with Crippen LogP contribution in [0.3, 0.4) is 0 Å². The van der Waals surface area contributed by atoms with Crippen LogP contribution in [-0.2, 0) is 0 Å². The minimum absolute atomic E-state index is 0.248. The van der Waals surface area contributed by atoms with Crippen LogP contribution in [0.5, 0.6) is 0 Å². The zero-order chi connectivity index (χ0) is 12.5. The molecule has 0 fully saturated rings. The van der Waals surface area contributed by atoms with E-state index in [4.69, 9.17) is 11.6 Å². The second-order valence-corrected chi connectivity index (χ2v) is 4.30. The van der Waals surface area contributed by atoms with E-state index in [0.717, 1.165) is 6.07 Å². The van der Waals surface area contributed by atoms with Gasteiger partial charge in [0.15, 0.2) is 0 Å². The first-order chi connectivity index (χ1) is 7.22. The van der Waals surface area contributed by atoms with Crippen molar-refractivity contribution in [1.82, 2.24) is 0 Å². The molecule has 1 rings (SSSR count). The number of hydrogen-bond donors (Lipinski definition) is 0. The average molecular weight is 272 g/mol. The van der Waals surface area contributed by atoms with Gasteiger partial charge in [-0.25, -0.2) is 0 Å². The molecule has 0 aliphatic carbocycles. The number of nitrogens with zero attached hydrogens (tertiary/aromatic N) is 1. The largest absolute Gasteiger partial charge is 0.446 e. The normalized spacial score (nSPS) is 11.6. The summed E-state index contributed by atoms with van der Waals surface area (Å²) in [7, 11) is 0. The highest BCUT2D eigenvalue weighted by Gasteiger charge is 2.33. The monoisotopic (exact) mass is 271 g/mol. The molecule has 3 nitrogen and oxygen atoms in total. The molecule has 0 saturated heterocycles. The number of halogens is 4. The Hall–Kier alpha value is -0.950. The molecule has 0 amide bonds. The maximum Gasteiger partial charge on any atom is 0.446 e. The number of nitro groups is 1. The molecule has 0 heterocycles. The molecular weight excluding hydrogens is 267 g/mol. The van der Waals surface area contributed by atoms with E-state index >= 15 is 0 Å². The third-order valence-corrected chi connectivity index (χ3v) is 3.14. The molecule has 0 bridgehead atoms. The molecule has 0 saturated carbocycles. The van der Waals surface area contributed by atoms with Gasteiger partial charge in [-0.1, -0.05) is 17.7 Å². The van der Waals surface area contributed by atoms with Gasteiger partial charge in [0.05, 0.1) is 4.92 Å². The van der Waals surface area contributed by atoms with Gasteiger partial charge >= 0.3 is 5.51 Å². The Bertz CT molecular complexity index is 436. The van der Waals surface area contributed by atoms with E-state index in [1.165, 1.54) is 13.0 Å². The minimum Gasteiger partial charge on any atom is -0.258 e. The Balaban J connectivity index is 3.27. The third-order valence-electron chi connectivity index (χ3n) is 1.69. The van der Waals surface area contributed by atoms with Gasteiger partial charge in [-0.15, -0.1) is 0 Å². The molecular formula is C8H5ClF3NO2S. The lowest BCUT2D eigenvalue weighted by atomic mass is 10.2. The first kappa shape index (κ1) is 13.1. The van der Waals surface area contributed by atoms with E-state index in [-0.39, 0.29) is 10.5 Å². The highest BCUT2D eigenvalue weighted by Crippen LogP contribution is 2.44. The molecule has 16 heavy (non-hydrogen) atoms. The van der Waals surface area contributed by atoms with Crippen molar-refractivity contribution in [3.8, 4) is 0 Å². The number of aryl methyl sites for hydroxylation is 1. The average Bonchev–Trinajstić information content (AvgIpc) is 2.10. The highest BCUT2D eigenvalue weighted by atomic mass is 35.5. The topological polar surface area (TPSA) is 43.1 Å². The molecule has 8 heteroatoms. The molecule has 1 aromatic carbocycles. The fourth-order valence-corrected chi connectivity index (χ4v) is 2.08. The summed E-state index contributed by atoms with van der Waals surface area (Å²) in [6.45, 7) is 1.41. The van der Waals surface area contributed by atoms with Crippen molar-refractivity contribution < 1.29 is 18.1 Å². The number of nitro benzene ring substituents is 1. The van der Waals surface area contributed by atoms with Crippen LogP contribution in [0.2, 0.25) is 5.02 Å². The quantitative estimate of drug-likeness (QED) is 0.461. The van der Waals surface area contributed by atoms with Gasteiger partial charge in [0.25, 0.3) is 5.69 Å². The first-order valence-electron chi connectivity index (χ1n) is 3.91. The number of benzene rings is 1. The van der Waals surface area contributed by atoms with Crippen molar-refractivity contribution in [2.24, 2.45) is 0 Å². The number of alkyl halides is 3. The van der Waals surface area contributed by atoms with Crippen LogP contribution in [0.15, 0.2) is 17.0 Å². The highest BCUT2D eigenvalue weighted by molar-refractivity contribution is 8.00. The predicted molar refractivity (Wildman–Crippen MR) is 54.8 cm³/mol. The molecule has 88 valence electrons. The van der Waals surface area contributed by atoms with Crippen molar-refractivity contribution in [1.29, 1.82) is 0 Å². The van der Waals surface area contributed by atoms with E-state index in [2.05, 4.69) is 0 Å². The smallest absolute Gasteiger partial charge is 0.258 e. The molecule has 0 atom stereocenters. The van der Waals surface area contributed by atoms with Crippen molar-refractivity contribution >= 4 is 29.1 Å². The van der Waals surface area contributed by atoms with E-state index in [1.807, 2.05) is 0 Å². The van der Waals surface area contributed by atoms with E-state index in [9.17, 15) is 23.3 Å². The zero-order valence-electron chi connectivity index (χ0n) is 7.84. The molecule has 1 aromatic rings. The number of hydrogen-bond acceptors (Lipinski definition) is 3. The van der Waals surface area contributed by atoms with Gasteiger partial charge in [0.1, 0.15) is 5.02 Å². The SMILES string of the molecule is Cc1ccc([N+](=O)[O-])c(Cl)c1SC(F)(F)F. The summed E-state index contributed by atoms with van der Waals surface area (Å²) in [6.07, 6.45) is 0. The molecule has 0 unspecified atom stereocenters. The summed E-state index contributed by atoms with van der Waals surface area (Å²) < 4.78 is 36.5. The van der Waals surface area contributed by atoms with Gasteiger partial charge in [0.2, 0.25) is 0 Å². The maximum absolute atomic E-state index is 12.2. The Labute approximate surface area is 97.7 Å². The second-order valence-electron chi connectivity index (χ2n) is 2.85. The molecule has 0 spiro atoms. The fourth-order valence-electron chi connectivity index (χ4n) is 1.02. The molecule has 0 N–H and O–H groups in total. The lowest BCUT2D eigenvalue weighted by molar-refractivity contribution is -0.384. The van der Waals surface area contributed by atoms with E-state index in [1.54, 1.807) is 0 Å². The summed E-state index contributed by atoms with van der Waals surface area (Å²) in [6, 6.07) is 2.32. The Morgan fingerprint density at radius 3 is 2.44 bits per heavy atom. The predicted octanol–water partition coefficient (Wildman–Crippen LogP) is 4.17. The van der Waals surface area contributed by atoms with Gasteiger partial charge in [-0.2, -0.15) is 13.2 Å². The van der Waals surface area contributed by atoms with Crippen molar-refractivity contribution in [3.63, 3.8) is 0 Å². The van der Waals surface area contributed by atoms with Crippen LogP contribution >= 0.6 is 23.4 Å². The third kappa shape index (κ3) is 3.02. The number of rotatable bonds is 2. The van der Waals surface area contributed by atoms with Crippen molar-refractivity contribution in [2.75, 3.05) is 0 Å². The number of thioether (sulfide) groups is 1. The maximum atomic E-state index is 12.2. The molecule has 0 radical (unpaired) electrons. The van der Waals surface area contributed by atoms with Gasteiger partial charge in [-0.3, -0.25) is 10.1 Å². The Morgan fingerprint density at radius 1 is 1.44 bits per heavy atom. The van der Waals surface area contributed by atoms with Crippen LogP contribution < -0.4 is 0 Å². The van der Waals surface area contributed by atoms with Crippen LogP contribution in [-0.4, -0.2) is 10.4 Å². The van der Waals surface area contributed by atoms with Crippen LogP contribution in [0.1, 0.15) is 5.56 Å². The van der Waals surface area contributed by atoms with Crippen LogP contribution in [0, 0.1) is 17.0 Å². The molecule has 0 aliphatic rings. The summed E-state index contributed by atoms with van der Waals surface area (Å²) in [5, 5.41) is 10.0. The lowest BCUT2D eigenvalue weighted by Crippen LogP contribution is -2.01. The van der Waals surface area contributed by atoms with E-state index < -0.39 is 32.9 Å². The summed E-state index contributed by atoms with van der Waals surface area (Å²) in [5.41, 5.74) is -4.80. The lowest BCUT2D eigenvalue weighted by Gasteiger charge is -2.10. The van der Waals surface area contributed by atoms with Crippen LogP contribution in [0.25, 0.3) is 0 Å². The van der Waals surface area contributed by atoms with Crippen molar-refractivity contribution in [3.05, 3.63) is 32.8 Å². The standard InChI is InChI=1S/C8H5ClF3NO2S/c1-4-2-3-5(13(14)15)6(9)7(4)16-8(10,11)12/h2-3H,1H3. The summed E-state index contributed by atoms with van der Waals surface area (Å²) in [4.78, 5) is 9.33. The van der Waals surface area contributed by atoms with Crippen LogP contribution in [0.4, 0.5) is 18.9 Å². The molecule has 0 aliphatic heterocycles. The first-order valence-corrected chi connectivity index (χ1v) is 5.11. The minimum atomic E-state index is -4.52.